The lowest BCUT2D eigenvalue weighted by molar-refractivity contribution is -0.112. The molecule has 0 bridgehead atoms. The topological polar surface area (TPSA) is 62.2 Å². The molecule has 0 radical (unpaired) electrons. The molecule has 2 aromatic rings. The summed E-state index contributed by atoms with van der Waals surface area (Å²) in [6, 6.07) is 7.52. The standard InChI is InChI=1S/C14H12N2O2S2/c1-8-6-15-14(20-8)16-13(18)10-7-19-11-5-3-2-4-9(11)12(10)17/h2-6,17H,7H2,1H3,(H,15,16,18). The van der Waals surface area contributed by atoms with Crippen molar-refractivity contribution < 1.29 is 9.90 Å². The van der Waals surface area contributed by atoms with E-state index in [1.54, 1.807) is 18.0 Å². The largest absolute Gasteiger partial charge is 0.507 e. The van der Waals surface area contributed by atoms with E-state index in [9.17, 15) is 9.90 Å². The van der Waals surface area contributed by atoms with Crippen LogP contribution in [0.1, 0.15) is 10.4 Å². The van der Waals surface area contributed by atoms with Gasteiger partial charge in [-0.2, -0.15) is 0 Å². The zero-order valence-corrected chi connectivity index (χ0v) is 12.3. The molecule has 0 unspecified atom stereocenters. The minimum Gasteiger partial charge on any atom is -0.507 e. The van der Waals surface area contributed by atoms with Crippen LogP contribution in [-0.2, 0) is 4.79 Å². The molecule has 0 saturated heterocycles. The highest BCUT2D eigenvalue weighted by Crippen LogP contribution is 2.36. The molecule has 2 N–H and O–H groups in total. The summed E-state index contributed by atoms with van der Waals surface area (Å²) in [4.78, 5) is 18.3. The van der Waals surface area contributed by atoms with Gasteiger partial charge >= 0.3 is 0 Å². The first kappa shape index (κ1) is 13.2. The van der Waals surface area contributed by atoms with Crippen LogP contribution in [0.15, 0.2) is 40.9 Å². The third-order valence-electron chi connectivity index (χ3n) is 2.92. The maximum Gasteiger partial charge on any atom is 0.257 e. The van der Waals surface area contributed by atoms with Crippen LogP contribution in [0.5, 0.6) is 0 Å². The van der Waals surface area contributed by atoms with Crippen molar-refractivity contribution in [2.75, 3.05) is 11.1 Å². The number of carbonyl (C=O) groups is 1. The van der Waals surface area contributed by atoms with Crippen molar-refractivity contribution >= 4 is 39.9 Å². The van der Waals surface area contributed by atoms with Gasteiger partial charge in [-0.15, -0.1) is 23.1 Å². The van der Waals surface area contributed by atoms with Crippen molar-refractivity contribution in [3.05, 3.63) is 46.5 Å². The number of thioether (sulfide) groups is 1. The molecule has 2 heterocycles. The highest BCUT2D eigenvalue weighted by atomic mass is 32.2. The average Bonchev–Trinajstić information content (AvgIpc) is 2.84. The number of anilines is 1. The second kappa shape index (κ2) is 5.30. The van der Waals surface area contributed by atoms with Gasteiger partial charge in [0.1, 0.15) is 5.76 Å². The first-order valence-corrected chi connectivity index (χ1v) is 7.83. The van der Waals surface area contributed by atoms with Gasteiger partial charge in [-0.05, 0) is 13.0 Å². The molecule has 6 heteroatoms. The molecule has 0 atom stereocenters. The second-order valence-electron chi connectivity index (χ2n) is 4.34. The van der Waals surface area contributed by atoms with Crippen molar-refractivity contribution in [1.29, 1.82) is 0 Å². The summed E-state index contributed by atoms with van der Waals surface area (Å²) >= 11 is 2.96. The number of rotatable bonds is 2. The van der Waals surface area contributed by atoms with Gasteiger partial charge in [0.25, 0.3) is 5.91 Å². The van der Waals surface area contributed by atoms with Crippen LogP contribution in [0.4, 0.5) is 5.13 Å². The maximum absolute atomic E-state index is 12.2. The van der Waals surface area contributed by atoms with Gasteiger partial charge in [-0.25, -0.2) is 4.98 Å². The summed E-state index contributed by atoms with van der Waals surface area (Å²) < 4.78 is 0. The molecular formula is C14H12N2O2S2. The predicted octanol–water partition coefficient (Wildman–Crippen LogP) is 3.47. The quantitative estimate of drug-likeness (QED) is 0.892. The second-order valence-corrected chi connectivity index (χ2v) is 6.59. The molecule has 0 fully saturated rings. The summed E-state index contributed by atoms with van der Waals surface area (Å²) in [6.07, 6.45) is 1.71. The third kappa shape index (κ3) is 2.44. The van der Waals surface area contributed by atoms with Gasteiger partial charge in [0.05, 0.1) is 5.57 Å². The lowest BCUT2D eigenvalue weighted by Crippen LogP contribution is -2.19. The van der Waals surface area contributed by atoms with Crippen molar-refractivity contribution in [3.63, 3.8) is 0 Å². The van der Waals surface area contributed by atoms with Crippen LogP contribution in [0.2, 0.25) is 0 Å². The van der Waals surface area contributed by atoms with Gasteiger partial charge in [0.15, 0.2) is 5.13 Å². The Labute approximate surface area is 124 Å². The Morgan fingerprint density at radius 1 is 1.40 bits per heavy atom. The molecule has 0 saturated carbocycles. The number of thiazole rings is 1. The van der Waals surface area contributed by atoms with E-state index < -0.39 is 0 Å². The Balaban J connectivity index is 1.88. The van der Waals surface area contributed by atoms with E-state index >= 15 is 0 Å². The summed E-state index contributed by atoms with van der Waals surface area (Å²) in [6.45, 7) is 1.93. The number of benzene rings is 1. The average molecular weight is 304 g/mol. The van der Waals surface area contributed by atoms with Gasteiger partial charge < -0.3 is 5.11 Å². The highest BCUT2D eigenvalue weighted by Gasteiger charge is 2.24. The Bertz CT molecular complexity index is 707. The Morgan fingerprint density at radius 2 is 2.20 bits per heavy atom. The van der Waals surface area contributed by atoms with E-state index in [0.29, 0.717) is 22.0 Å². The molecule has 102 valence electrons. The van der Waals surface area contributed by atoms with Crippen LogP contribution in [0, 0.1) is 6.92 Å². The van der Waals surface area contributed by atoms with Crippen LogP contribution >= 0.6 is 23.1 Å². The molecular weight excluding hydrogens is 292 g/mol. The summed E-state index contributed by atoms with van der Waals surface area (Å²) in [5.41, 5.74) is 1.10. The molecule has 4 nitrogen and oxygen atoms in total. The van der Waals surface area contributed by atoms with Gasteiger partial charge in [0, 0.05) is 27.3 Å². The van der Waals surface area contributed by atoms with Crippen molar-refractivity contribution in [2.24, 2.45) is 0 Å². The molecule has 1 aromatic carbocycles. The normalized spacial score (nSPS) is 14.1. The molecule has 3 rings (SSSR count). The molecule has 0 aliphatic carbocycles. The number of hydrogen-bond donors (Lipinski definition) is 2. The molecule has 1 aliphatic heterocycles. The van der Waals surface area contributed by atoms with Crippen LogP contribution in [0.25, 0.3) is 5.76 Å². The zero-order valence-electron chi connectivity index (χ0n) is 10.7. The first-order valence-electron chi connectivity index (χ1n) is 6.03. The van der Waals surface area contributed by atoms with Crippen molar-refractivity contribution in [3.8, 4) is 0 Å². The predicted molar refractivity (Wildman–Crippen MR) is 82.2 cm³/mol. The Morgan fingerprint density at radius 3 is 2.95 bits per heavy atom. The van der Waals surface area contributed by atoms with E-state index in [1.807, 2.05) is 31.2 Å². The summed E-state index contributed by atoms with van der Waals surface area (Å²) in [5.74, 6) is 0.225. The summed E-state index contributed by atoms with van der Waals surface area (Å²) in [7, 11) is 0. The van der Waals surface area contributed by atoms with E-state index in [0.717, 1.165) is 9.77 Å². The zero-order chi connectivity index (χ0) is 14.1. The number of aliphatic hydroxyl groups is 1. The summed E-state index contributed by atoms with van der Waals surface area (Å²) in [5, 5.41) is 13.5. The maximum atomic E-state index is 12.2. The molecule has 1 amide bonds. The molecule has 0 spiro atoms. The fraction of sp³-hybridized carbons (Fsp3) is 0.143. The van der Waals surface area contributed by atoms with E-state index in [4.69, 9.17) is 0 Å². The Kier molecular flexibility index (Phi) is 3.50. The SMILES string of the molecule is Cc1cnc(NC(=O)C2=C(O)c3ccccc3SC2)s1. The lowest BCUT2D eigenvalue weighted by Gasteiger charge is -2.18. The minimum atomic E-state index is -0.293. The van der Waals surface area contributed by atoms with E-state index in [-0.39, 0.29) is 11.7 Å². The monoisotopic (exact) mass is 304 g/mol. The number of aliphatic hydroxyl groups excluding tert-OH is 1. The van der Waals surface area contributed by atoms with Crippen LogP contribution in [0.3, 0.4) is 0 Å². The fourth-order valence-electron chi connectivity index (χ4n) is 1.93. The number of hydrogen-bond acceptors (Lipinski definition) is 5. The van der Waals surface area contributed by atoms with Gasteiger partial charge in [-0.3, -0.25) is 10.1 Å². The minimum absolute atomic E-state index is 0.0603. The number of amides is 1. The number of carbonyl (C=O) groups excluding carboxylic acids is 1. The smallest absolute Gasteiger partial charge is 0.257 e. The Hall–Kier alpha value is -1.79. The van der Waals surface area contributed by atoms with Gasteiger partial charge in [-0.1, -0.05) is 18.2 Å². The number of fused-ring (bicyclic) bond motifs is 1. The third-order valence-corrected chi connectivity index (χ3v) is 4.84. The number of aromatic nitrogens is 1. The molecule has 1 aliphatic rings. The fourth-order valence-corrected chi connectivity index (χ4v) is 3.65. The van der Waals surface area contributed by atoms with E-state index in [2.05, 4.69) is 10.3 Å². The van der Waals surface area contributed by atoms with Gasteiger partial charge in [0.2, 0.25) is 0 Å². The van der Waals surface area contributed by atoms with E-state index in [1.165, 1.54) is 11.3 Å². The van der Waals surface area contributed by atoms with Crippen molar-refractivity contribution in [2.45, 2.75) is 11.8 Å². The van der Waals surface area contributed by atoms with Crippen LogP contribution in [-0.4, -0.2) is 21.8 Å². The lowest BCUT2D eigenvalue weighted by atomic mass is 10.1. The molecule has 20 heavy (non-hydrogen) atoms. The number of nitrogens with one attached hydrogen (secondary N) is 1. The first-order chi connectivity index (χ1) is 9.65. The number of aryl methyl sites for hydroxylation is 1. The number of nitrogens with zero attached hydrogens (tertiary/aromatic N) is 1. The van der Waals surface area contributed by atoms with Crippen LogP contribution < -0.4 is 5.32 Å². The molecule has 1 aromatic heterocycles. The van der Waals surface area contributed by atoms with Crippen molar-refractivity contribution in [1.82, 2.24) is 4.98 Å². The highest BCUT2D eigenvalue weighted by molar-refractivity contribution is 7.99.